The van der Waals surface area contributed by atoms with E-state index in [0.29, 0.717) is 17.9 Å². The number of hydrogen-bond acceptors (Lipinski definition) is 5. The van der Waals surface area contributed by atoms with Crippen molar-refractivity contribution < 1.29 is 23.8 Å². The molecule has 3 aliphatic rings. The van der Waals surface area contributed by atoms with Crippen LogP contribution in [0.2, 0.25) is 0 Å². The van der Waals surface area contributed by atoms with Gasteiger partial charge in [-0.1, -0.05) is 49.4 Å². The van der Waals surface area contributed by atoms with Crippen LogP contribution < -0.4 is 9.47 Å². The van der Waals surface area contributed by atoms with E-state index >= 15 is 0 Å². The fraction of sp³-hybridized carbons (Fsp3) is 0.308. The van der Waals surface area contributed by atoms with Crippen LogP contribution in [0, 0.1) is 17.3 Å². The number of carbonyl (C=O) groups is 2. The first-order chi connectivity index (χ1) is 15.1. The van der Waals surface area contributed by atoms with E-state index in [0.717, 1.165) is 11.1 Å². The largest absolute Gasteiger partial charge is 0.485 e. The highest BCUT2D eigenvalue weighted by atomic mass is 16.7. The molecule has 5 heteroatoms. The number of ether oxygens (including phenoxy) is 3. The van der Waals surface area contributed by atoms with E-state index in [2.05, 4.69) is 6.58 Å². The molecule has 2 aromatic rings. The number of carbonyl (C=O) groups excluding carboxylic acids is 2. The van der Waals surface area contributed by atoms with E-state index in [4.69, 9.17) is 14.2 Å². The lowest BCUT2D eigenvalue weighted by atomic mass is 9.40. The molecule has 0 amide bonds. The highest BCUT2D eigenvalue weighted by molar-refractivity contribution is 6.13. The Balaban J connectivity index is 1.47. The molecule has 2 aromatic carbocycles. The molecule has 5 nitrogen and oxygen atoms in total. The van der Waals surface area contributed by atoms with E-state index in [9.17, 15) is 9.59 Å². The Bertz CT molecular complexity index is 1090. The van der Waals surface area contributed by atoms with Gasteiger partial charge >= 0.3 is 0 Å². The maximum Gasteiger partial charge on any atom is 0.231 e. The third kappa shape index (κ3) is 2.91. The number of fused-ring (bicyclic) bond motifs is 2. The van der Waals surface area contributed by atoms with Crippen molar-refractivity contribution in [2.45, 2.75) is 25.9 Å². The van der Waals surface area contributed by atoms with Gasteiger partial charge in [0, 0.05) is 17.9 Å². The van der Waals surface area contributed by atoms with Gasteiger partial charge in [0.2, 0.25) is 12.6 Å². The average molecular weight is 416 g/mol. The molecule has 1 saturated carbocycles. The van der Waals surface area contributed by atoms with Crippen LogP contribution in [0.4, 0.5) is 0 Å². The van der Waals surface area contributed by atoms with E-state index in [1.165, 1.54) is 6.08 Å². The van der Waals surface area contributed by atoms with Gasteiger partial charge in [-0.05, 0) is 35.6 Å². The van der Waals surface area contributed by atoms with Gasteiger partial charge in [0.15, 0.2) is 23.0 Å². The van der Waals surface area contributed by atoms with Gasteiger partial charge in [0.25, 0.3) is 0 Å². The van der Waals surface area contributed by atoms with Gasteiger partial charge in [-0.15, -0.1) is 6.58 Å². The van der Waals surface area contributed by atoms with Gasteiger partial charge in [0.05, 0.1) is 5.41 Å². The monoisotopic (exact) mass is 416 g/mol. The maximum absolute atomic E-state index is 13.5. The Morgan fingerprint density at radius 3 is 2.65 bits per heavy atom. The second-order valence-corrected chi connectivity index (χ2v) is 8.47. The van der Waals surface area contributed by atoms with E-state index in [1.807, 2.05) is 55.5 Å². The van der Waals surface area contributed by atoms with Crippen molar-refractivity contribution in [2.75, 3.05) is 6.79 Å². The first-order valence-electron chi connectivity index (χ1n) is 10.5. The molecule has 1 fully saturated rings. The molecule has 0 radical (unpaired) electrons. The third-order valence-electron chi connectivity index (χ3n) is 6.88. The Kier molecular flexibility index (Phi) is 4.69. The van der Waals surface area contributed by atoms with Crippen molar-refractivity contribution in [3.8, 4) is 11.5 Å². The Morgan fingerprint density at radius 1 is 1.10 bits per heavy atom. The van der Waals surface area contributed by atoms with Crippen molar-refractivity contribution in [1.82, 2.24) is 0 Å². The van der Waals surface area contributed by atoms with Gasteiger partial charge in [-0.25, -0.2) is 0 Å². The SMILES string of the molecule is C=CC[C@@]12C(=O)C=C(OCc3ccccc3)C(=O)[C@@H]1[C@H](C)[C@H]2c1ccc2c(c1)OCO2. The Hall–Kier alpha value is -3.34. The van der Waals surface area contributed by atoms with Crippen LogP contribution in [-0.2, 0) is 20.9 Å². The average Bonchev–Trinajstić information content (AvgIpc) is 3.24. The summed E-state index contributed by atoms with van der Waals surface area (Å²) >= 11 is 0. The number of allylic oxidation sites excluding steroid dienone is 3. The molecule has 158 valence electrons. The molecule has 2 aliphatic carbocycles. The standard InChI is InChI=1S/C26H24O5/c1-3-11-26-22(27)13-21(29-14-17-7-5-4-6-8-17)25(28)24(26)16(2)23(26)18-9-10-19-20(12-18)31-15-30-19/h3-10,12-13,16,23-24H,1,11,14-15H2,2H3/t16-,23+,24+,26+/m1/s1. The molecule has 0 unspecified atom stereocenters. The molecule has 0 saturated heterocycles. The second kappa shape index (κ2) is 7.41. The van der Waals surface area contributed by atoms with Crippen LogP contribution in [0.25, 0.3) is 0 Å². The summed E-state index contributed by atoms with van der Waals surface area (Å²) in [6.45, 7) is 6.36. The van der Waals surface area contributed by atoms with Gasteiger partial charge in [0.1, 0.15) is 6.61 Å². The molecule has 4 atom stereocenters. The molecular formula is C26H24O5. The van der Waals surface area contributed by atoms with E-state index in [1.54, 1.807) is 6.08 Å². The van der Waals surface area contributed by atoms with Crippen molar-refractivity contribution in [3.05, 3.63) is 84.1 Å². The first kappa shape index (κ1) is 19.6. The molecule has 1 aliphatic heterocycles. The van der Waals surface area contributed by atoms with E-state index < -0.39 is 11.3 Å². The molecule has 0 N–H and O–H groups in total. The minimum absolute atomic E-state index is 0.0132. The van der Waals surface area contributed by atoms with Crippen LogP contribution in [0.5, 0.6) is 11.5 Å². The zero-order valence-electron chi connectivity index (χ0n) is 17.4. The Morgan fingerprint density at radius 2 is 1.87 bits per heavy atom. The molecule has 5 rings (SSSR count). The third-order valence-corrected chi connectivity index (χ3v) is 6.88. The van der Waals surface area contributed by atoms with Crippen molar-refractivity contribution in [3.63, 3.8) is 0 Å². The second-order valence-electron chi connectivity index (χ2n) is 8.47. The zero-order chi connectivity index (χ0) is 21.6. The van der Waals surface area contributed by atoms with Gasteiger partial charge < -0.3 is 14.2 Å². The summed E-state index contributed by atoms with van der Waals surface area (Å²) in [5.74, 6) is 0.835. The molecule has 0 spiro atoms. The fourth-order valence-corrected chi connectivity index (χ4v) is 5.61. The van der Waals surface area contributed by atoms with Crippen molar-refractivity contribution in [1.29, 1.82) is 0 Å². The molecule has 31 heavy (non-hydrogen) atoms. The molecule has 0 aromatic heterocycles. The normalized spacial score (nSPS) is 28.4. The van der Waals surface area contributed by atoms with Crippen LogP contribution in [0.3, 0.4) is 0 Å². The lowest BCUT2D eigenvalue weighted by molar-refractivity contribution is -0.161. The highest BCUT2D eigenvalue weighted by Crippen LogP contribution is 2.66. The lowest BCUT2D eigenvalue weighted by Gasteiger charge is -2.60. The number of benzene rings is 2. The predicted molar refractivity (Wildman–Crippen MR) is 115 cm³/mol. The summed E-state index contributed by atoms with van der Waals surface area (Å²) in [5, 5.41) is 0. The summed E-state index contributed by atoms with van der Waals surface area (Å²) in [6, 6.07) is 15.4. The van der Waals surface area contributed by atoms with Crippen LogP contribution >= 0.6 is 0 Å². The molecular weight excluding hydrogens is 392 g/mol. The molecule has 0 bridgehead atoms. The quantitative estimate of drug-likeness (QED) is 0.645. The fourth-order valence-electron chi connectivity index (χ4n) is 5.61. The minimum Gasteiger partial charge on any atom is -0.485 e. The van der Waals surface area contributed by atoms with E-state index in [-0.39, 0.29) is 42.6 Å². The van der Waals surface area contributed by atoms with Gasteiger partial charge in [-0.2, -0.15) is 0 Å². The summed E-state index contributed by atoms with van der Waals surface area (Å²) in [5.41, 5.74) is 1.11. The number of ketones is 2. The summed E-state index contributed by atoms with van der Waals surface area (Å²) in [4.78, 5) is 26.9. The number of rotatable bonds is 6. The van der Waals surface area contributed by atoms with Gasteiger partial charge in [-0.3, -0.25) is 9.59 Å². The summed E-state index contributed by atoms with van der Waals surface area (Å²) in [7, 11) is 0. The highest BCUT2D eigenvalue weighted by Gasteiger charge is 2.68. The topological polar surface area (TPSA) is 61.8 Å². The van der Waals surface area contributed by atoms with Crippen molar-refractivity contribution >= 4 is 11.6 Å². The first-order valence-corrected chi connectivity index (χ1v) is 10.5. The Labute approximate surface area is 181 Å². The lowest BCUT2D eigenvalue weighted by Crippen LogP contribution is -2.63. The minimum atomic E-state index is -0.828. The van der Waals surface area contributed by atoms with Crippen LogP contribution in [-0.4, -0.2) is 18.4 Å². The van der Waals surface area contributed by atoms with Crippen molar-refractivity contribution in [2.24, 2.45) is 17.3 Å². The van der Waals surface area contributed by atoms with Crippen LogP contribution in [0.15, 0.2) is 73.0 Å². The smallest absolute Gasteiger partial charge is 0.231 e. The predicted octanol–water partition coefficient (Wildman–Crippen LogP) is 4.58. The number of Topliss-reactive ketones (excluding diaryl/α,β-unsaturated/α-hetero) is 1. The molecule has 1 heterocycles. The summed E-state index contributed by atoms with van der Waals surface area (Å²) < 4.78 is 16.8. The maximum atomic E-state index is 13.5. The summed E-state index contributed by atoms with van der Waals surface area (Å²) in [6.07, 6.45) is 3.58. The van der Waals surface area contributed by atoms with Crippen LogP contribution in [0.1, 0.15) is 30.4 Å². The number of hydrogen-bond donors (Lipinski definition) is 0. The zero-order valence-corrected chi connectivity index (χ0v) is 17.4.